The Labute approximate surface area is 162 Å². The summed E-state index contributed by atoms with van der Waals surface area (Å²) in [5.41, 5.74) is 3.56. The third-order valence-electron chi connectivity index (χ3n) is 4.27. The van der Waals surface area contributed by atoms with Gasteiger partial charge in [0, 0.05) is 28.3 Å². The van der Waals surface area contributed by atoms with Crippen molar-refractivity contribution in [2.45, 2.75) is 6.61 Å². The van der Waals surface area contributed by atoms with Crippen molar-refractivity contribution < 1.29 is 19.3 Å². The van der Waals surface area contributed by atoms with Crippen LogP contribution >= 0.6 is 0 Å². The van der Waals surface area contributed by atoms with Crippen LogP contribution in [-0.4, -0.2) is 36.4 Å². The minimum absolute atomic E-state index is 0.198. The largest absolute Gasteiger partial charge is 0.481 e. The monoisotopic (exact) mass is 377 g/mol. The predicted molar refractivity (Wildman–Crippen MR) is 103 cm³/mol. The highest BCUT2D eigenvalue weighted by Crippen LogP contribution is 2.38. The molecule has 0 spiro atoms. The van der Waals surface area contributed by atoms with E-state index in [2.05, 4.69) is 16.0 Å². The van der Waals surface area contributed by atoms with Crippen LogP contribution in [0, 0.1) is 11.3 Å². The molecule has 0 saturated carbocycles. The van der Waals surface area contributed by atoms with Gasteiger partial charge in [-0.2, -0.15) is 10.2 Å². The first-order chi connectivity index (χ1) is 13.7. The van der Waals surface area contributed by atoms with Crippen molar-refractivity contribution in [3.05, 3.63) is 53.7 Å². The van der Waals surface area contributed by atoms with Crippen molar-refractivity contribution in [3.8, 4) is 46.0 Å². The SMILES string of the molecule is COc1ccc(-c2cccc(-c3ccc(CO)nc3OC)c2C#N)c(OC)n1. The fraction of sp³-hybridized carbons (Fsp3) is 0.190. The second-order valence-corrected chi connectivity index (χ2v) is 5.77. The van der Waals surface area contributed by atoms with E-state index in [-0.39, 0.29) is 6.61 Å². The smallest absolute Gasteiger partial charge is 0.224 e. The standard InChI is InChI=1S/C21H19N3O4/c1-26-19-10-9-17(21(24-19)28-3)15-6-4-5-14(18(15)11-22)16-8-7-13(12-25)23-20(16)27-2/h4-10,25H,12H2,1-3H3. The minimum Gasteiger partial charge on any atom is -0.481 e. The zero-order valence-corrected chi connectivity index (χ0v) is 15.8. The summed E-state index contributed by atoms with van der Waals surface area (Å²) in [5.74, 6) is 1.11. The lowest BCUT2D eigenvalue weighted by Gasteiger charge is -2.14. The molecule has 7 heteroatoms. The Morgan fingerprint density at radius 3 is 1.96 bits per heavy atom. The maximum Gasteiger partial charge on any atom is 0.224 e. The molecule has 0 amide bonds. The maximum absolute atomic E-state index is 9.91. The molecule has 2 heterocycles. The molecule has 1 N–H and O–H groups in total. The van der Waals surface area contributed by atoms with E-state index in [1.807, 2.05) is 18.2 Å². The fourth-order valence-corrected chi connectivity index (χ4v) is 2.95. The molecular formula is C21H19N3O4. The van der Waals surface area contributed by atoms with E-state index in [4.69, 9.17) is 14.2 Å². The summed E-state index contributed by atoms with van der Waals surface area (Å²) in [6.07, 6.45) is 0. The van der Waals surface area contributed by atoms with Gasteiger partial charge in [0.1, 0.15) is 6.07 Å². The number of methoxy groups -OCH3 is 3. The van der Waals surface area contributed by atoms with Gasteiger partial charge >= 0.3 is 0 Å². The fourth-order valence-electron chi connectivity index (χ4n) is 2.95. The molecule has 28 heavy (non-hydrogen) atoms. The molecule has 1 aromatic carbocycles. The quantitative estimate of drug-likeness (QED) is 0.704. The molecule has 3 aromatic rings. The number of nitriles is 1. The lowest BCUT2D eigenvalue weighted by atomic mass is 9.93. The molecule has 0 aliphatic rings. The Morgan fingerprint density at radius 1 is 0.821 bits per heavy atom. The highest BCUT2D eigenvalue weighted by molar-refractivity contribution is 5.85. The molecule has 0 aliphatic heterocycles. The lowest BCUT2D eigenvalue weighted by Crippen LogP contribution is -1.99. The van der Waals surface area contributed by atoms with E-state index >= 15 is 0 Å². The van der Waals surface area contributed by atoms with Crippen LogP contribution in [0.15, 0.2) is 42.5 Å². The third-order valence-corrected chi connectivity index (χ3v) is 4.27. The van der Waals surface area contributed by atoms with E-state index in [9.17, 15) is 10.4 Å². The van der Waals surface area contributed by atoms with Crippen molar-refractivity contribution in [1.29, 1.82) is 5.26 Å². The molecule has 0 bridgehead atoms. The Morgan fingerprint density at radius 2 is 1.43 bits per heavy atom. The Bertz CT molecular complexity index is 971. The van der Waals surface area contributed by atoms with Gasteiger partial charge in [0.25, 0.3) is 0 Å². The van der Waals surface area contributed by atoms with Gasteiger partial charge in [-0.25, -0.2) is 4.98 Å². The first-order valence-corrected chi connectivity index (χ1v) is 8.44. The Kier molecular flexibility index (Phi) is 5.72. The Hall–Kier alpha value is -3.63. The first kappa shape index (κ1) is 19.1. The van der Waals surface area contributed by atoms with Crippen LogP contribution in [0.4, 0.5) is 0 Å². The summed E-state index contributed by atoms with van der Waals surface area (Å²) < 4.78 is 15.9. The van der Waals surface area contributed by atoms with Crippen LogP contribution in [0.5, 0.6) is 17.6 Å². The number of rotatable bonds is 6. The van der Waals surface area contributed by atoms with E-state index in [1.54, 1.807) is 24.3 Å². The number of hydrogen-bond acceptors (Lipinski definition) is 7. The first-order valence-electron chi connectivity index (χ1n) is 8.44. The van der Waals surface area contributed by atoms with Crippen molar-refractivity contribution in [2.24, 2.45) is 0 Å². The summed E-state index contributed by atoms with van der Waals surface area (Å²) >= 11 is 0. The van der Waals surface area contributed by atoms with Gasteiger partial charge in [-0.15, -0.1) is 0 Å². The summed E-state index contributed by atoms with van der Waals surface area (Å²) in [7, 11) is 4.54. The topological polar surface area (TPSA) is 97.5 Å². The average molecular weight is 377 g/mol. The highest BCUT2D eigenvalue weighted by atomic mass is 16.5. The van der Waals surface area contributed by atoms with Crippen molar-refractivity contribution in [3.63, 3.8) is 0 Å². The van der Waals surface area contributed by atoms with E-state index < -0.39 is 0 Å². The van der Waals surface area contributed by atoms with Gasteiger partial charge in [0.05, 0.1) is 39.2 Å². The summed E-state index contributed by atoms with van der Waals surface area (Å²) in [5, 5.41) is 19.2. The molecule has 0 atom stereocenters. The molecule has 142 valence electrons. The predicted octanol–water partition coefficient (Wildman–Crippen LogP) is 3.20. The third kappa shape index (κ3) is 3.46. The Balaban J connectivity index is 2.23. The van der Waals surface area contributed by atoms with Gasteiger partial charge in [-0.3, -0.25) is 0 Å². The van der Waals surface area contributed by atoms with Crippen LogP contribution in [0.25, 0.3) is 22.3 Å². The van der Waals surface area contributed by atoms with Gasteiger partial charge in [-0.1, -0.05) is 18.2 Å². The average Bonchev–Trinajstić information content (AvgIpc) is 2.77. The van der Waals surface area contributed by atoms with Gasteiger partial charge in [0.15, 0.2) is 0 Å². The summed E-state index contributed by atoms with van der Waals surface area (Å²) in [6, 6.07) is 14.8. The van der Waals surface area contributed by atoms with Crippen LogP contribution < -0.4 is 14.2 Å². The van der Waals surface area contributed by atoms with E-state index in [0.717, 1.165) is 0 Å². The van der Waals surface area contributed by atoms with E-state index in [0.29, 0.717) is 51.2 Å². The summed E-state index contributed by atoms with van der Waals surface area (Å²) in [6.45, 7) is -0.198. The van der Waals surface area contributed by atoms with Crippen molar-refractivity contribution >= 4 is 0 Å². The molecule has 0 aliphatic carbocycles. The lowest BCUT2D eigenvalue weighted by molar-refractivity contribution is 0.274. The van der Waals surface area contributed by atoms with Gasteiger partial charge < -0.3 is 19.3 Å². The highest BCUT2D eigenvalue weighted by Gasteiger charge is 2.19. The van der Waals surface area contributed by atoms with Gasteiger partial charge in [0.2, 0.25) is 17.6 Å². The zero-order chi connectivity index (χ0) is 20.1. The normalized spacial score (nSPS) is 10.2. The molecule has 0 fully saturated rings. The number of benzene rings is 1. The van der Waals surface area contributed by atoms with Crippen LogP contribution in [0.3, 0.4) is 0 Å². The second-order valence-electron chi connectivity index (χ2n) is 5.77. The zero-order valence-electron chi connectivity index (χ0n) is 15.8. The van der Waals surface area contributed by atoms with Crippen molar-refractivity contribution in [1.82, 2.24) is 9.97 Å². The van der Waals surface area contributed by atoms with Crippen molar-refractivity contribution in [2.75, 3.05) is 21.3 Å². The molecular weight excluding hydrogens is 358 g/mol. The maximum atomic E-state index is 9.91. The number of nitrogens with zero attached hydrogens (tertiary/aromatic N) is 3. The van der Waals surface area contributed by atoms with Crippen LogP contribution in [-0.2, 0) is 6.61 Å². The molecule has 0 saturated heterocycles. The summed E-state index contributed by atoms with van der Waals surface area (Å²) in [4.78, 5) is 8.59. The second kappa shape index (κ2) is 8.37. The number of aromatic nitrogens is 2. The number of ether oxygens (including phenoxy) is 3. The van der Waals surface area contributed by atoms with E-state index in [1.165, 1.54) is 21.3 Å². The van der Waals surface area contributed by atoms with Gasteiger partial charge in [-0.05, 0) is 18.2 Å². The van der Waals surface area contributed by atoms with Crippen LogP contribution in [0.1, 0.15) is 11.3 Å². The molecule has 2 aromatic heterocycles. The molecule has 3 rings (SSSR count). The minimum atomic E-state index is -0.198. The molecule has 0 unspecified atom stereocenters. The number of pyridine rings is 2. The van der Waals surface area contributed by atoms with Crippen LogP contribution in [0.2, 0.25) is 0 Å². The number of hydrogen-bond donors (Lipinski definition) is 1. The number of aliphatic hydroxyl groups excluding tert-OH is 1. The molecule has 7 nitrogen and oxygen atoms in total. The molecule has 0 radical (unpaired) electrons. The number of aliphatic hydroxyl groups is 1.